The van der Waals surface area contributed by atoms with Crippen molar-refractivity contribution in [2.75, 3.05) is 26.3 Å². The largest absolute Gasteiger partial charge is 0.490 e. The number of hydrogen-bond acceptors (Lipinski definition) is 5. The van der Waals surface area contributed by atoms with Gasteiger partial charge in [-0.25, -0.2) is 9.18 Å². The molecule has 1 unspecified atom stereocenters. The van der Waals surface area contributed by atoms with Crippen molar-refractivity contribution in [1.82, 2.24) is 10.2 Å². The lowest BCUT2D eigenvalue weighted by atomic mass is 9.86. The fraction of sp³-hybridized carbons (Fsp3) is 0.630. The molecule has 1 aliphatic carbocycles. The van der Waals surface area contributed by atoms with Crippen LogP contribution in [-0.4, -0.2) is 60.0 Å². The Hall–Kier alpha value is -2.61. The summed E-state index contributed by atoms with van der Waals surface area (Å²) >= 11 is 0. The Morgan fingerprint density at radius 2 is 1.94 bits per heavy atom. The van der Waals surface area contributed by atoms with Gasteiger partial charge in [0.05, 0.1) is 13.2 Å². The quantitative estimate of drug-likeness (QED) is 0.586. The van der Waals surface area contributed by atoms with E-state index in [2.05, 4.69) is 5.32 Å². The van der Waals surface area contributed by atoms with E-state index in [1.54, 1.807) is 17.9 Å². The number of allylic oxidation sites excluding steroid dienone is 2. The minimum Gasteiger partial charge on any atom is -0.490 e. The summed E-state index contributed by atoms with van der Waals surface area (Å²) in [6.07, 6.45) is 5.28. The molecule has 1 fully saturated rings. The highest BCUT2D eigenvalue weighted by Gasteiger charge is 2.27. The fourth-order valence-corrected chi connectivity index (χ4v) is 4.37. The highest BCUT2D eigenvalue weighted by molar-refractivity contribution is 5.80. The Morgan fingerprint density at radius 3 is 2.51 bits per heavy atom. The van der Waals surface area contributed by atoms with Crippen molar-refractivity contribution in [3.8, 4) is 5.75 Å². The molecule has 2 N–H and O–H groups in total. The molecular weight excluding hydrogens is 451 g/mol. The fourth-order valence-electron chi connectivity index (χ4n) is 4.37. The molecule has 1 aromatic carbocycles. The van der Waals surface area contributed by atoms with Gasteiger partial charge in [-0.15, -0.1) is 0 Å². The molecule has 1 aliphatic heterocycles. The Kier molecular flexibility index (Phi) is 9.16. The lowest BCUT2D eigenvalue weighted by Crippen LogP contribution is -2.42. The zero-order valence-corrected chi connectivity index (χ0v) is 21.3. The summed E-state index contributed by atoms with van der Waals surface area (Å²) < 4.78 is 26.0. The van der Waals surface area contributed by atoms with Gasteiger partial charge >= 0.3 is 6.09 Å². The van der Waals surface area contributed by atoms with Crippen molar-refractivity contribution in [1.29, 1.82) is 0 Å². The normalized spacial score (nSPS) is 20.1. The van der Waals surface area contributed by atoms with E-state index < -0.39 is 11.4 Å². The van der Waals surface area contributed by atoms with Gasteiger partial charge in [-0.1, -0.05) is 12.1 Å². The molecule has 2 atom stereocenters. The molecule has 194 valence electrons. The number of rotatable bonds is 7. The predicted octanol–water partition coefficient (Wildman–Crippen LogP) is 4.53. The summed E-state index contributed by atoms with van der Waals surface area (Å²) in [5.41, 5.74) is 1.33. The zero-order chi connectivity index (χ0) is 25.6. The molecule has 35 heavy (non-hydrogen) atoms. The first kappa shape index (κ1) is 27.0. The molecule has 7 nitrogen and oxygen atoms in total. The first-order valence-electron chi connectivity index (χ1n) is 12.6. The van der Waals surface area contributed by atoms with Gasteiger partial charge in [-0.3, -0.25) is 4.79 Å². The summed E-state index contributed by atoms with van der Waals surface area (Å²) in [6, 6.07) is 4.78. The van der Waals surface area contributed by atoms with E-state index in [4.69, 9.17) is 14.6 Å². The van der Waals surface area contributed by atoms with Gasteiger partial charge < -0.3 is 24.8 Å². The maximum absolute atomic E-state index is 14.8. The summed E-state index contributed by atoms with van der Waals surface area (Å²) in [5.74, 6) is -0.0812. The lowest BCUT2D eigenvalue weighted by Gasteiger charge is -2.33. The Morgan fingerprint density at radius 1 is 1.23 bits per heavy atom. The van der Waals surface area contributed by atoms with Crippen LogP contribution in [0.2, 0.25) is 0 Å². The van der Waals surface area contributed by atoms with E-state index in [1.807, 2.05) is 32.9 Å². The zero-order valence-electron chi connectivity index (χ0n) is 21.3. The van der Waals surface area contributed by atoms with Crippen LogP contribution in [0.25, 0.3) is 5.57 Å². The van der Waals surface area contributed by atoms with E-state index >= 15 is 0 Å². The van der Waals surface area contributed by atoms with Crippen LogP contribution in [0.1, 0.15) is 65.4 Å². The minimum atomic E-state index is -0.510. The number of aliphatic hydroxyl groups excluding tert-OH is 1. The molecule has 0 aromatic heterocycles. The maximum Gasteiger partial charge on any atom is 0.410 e. The SMILES string of the molecule is C[C@@H](CO)NC(=O)C1CC=C(c2ccc(OCC3CCN(C(=O)OC(C)(C)C)CC3)c(F)c2)CC1. The van der Waals surface area contributed by atoms with Crippen LogP contribution >= 0.6 is 0 Å². The molecule has 0 bridgehead atoms. The second-order valence-corrected chi connectivity index (χ2v) is 10.7. The average molecular weight is 491 g/mol. The molecule has 0 radical (unpaired) electrons. The van der Waals surface area contributed by atoms with Crippen LogP contribution in [-0.2, 0) is 9.53 Å². The van der Waals surface area contributed by atoms with Gasteiger partial charge in [-0.05, 0) is 89.0 Å². The third-order valence-electron chi connectivity index (χ3n) is 6.49. The number of piperidine rings is 1. The molecule has 1 heterocycles. The molecular formula is C27H39FN2O5. The number of carbonyl (C=O) groups is 2. The standard InChI is InChI=1S/C27H39FN2O5/c1-18(16-31)29-25(32)21-7-5-20(6-8-21)22-9-10-24(23(28)15-22)34-17-19-11-13-30(14-12-19)26(33)35-27(2,3)4/h5,9-10,15,18-19,21,31H,6-8,11-14,16-17H2,1-4H3,(H,29,32)/t18-,21?/m0/s1. The van der Waals surface area contributed by atoms with Crippen LogP contribution < -0.4 is 10.1 Å². The first-order chi connectivity index (χ1) is 16.6. The highest BCUT2D eigenvalue weighted by Crippen LogP contribution is 2.32. The monoisotopic (exact) mass is 490 g/mol. The lowest BCUT2D eigenvalue weighted by molar-refractivity contribution is -0.126. The number of aliphatic hydroxyl groups is 1. The van der Waals surface area contributed by atoms with Crippen LogP contribution in [0, 0.1) is 17.7 Å². The van der Waals surface area contributed by atoms with Gasteiger partial charge in [0.1, 0.15) is 5.60 Å². The van der Waals surface area contributed by atoms with E-state index in [0.717, 1.165) is 24.0 Å². The number of ether oxygens (including phenoxy) is 2. The van der Waals surface area contributed by atoms with Gasteiger partial charge in [0.15, 0.2) is 11.6 Å². The van der Waals surface area contributed by atoms with E-state index in [0.29, 0.717) is 39.0 Å². The molecule has 0 spiro atoms. The number of nitrogens with one attached hydrogen (secondary N) is 1. The van der Waals surface area contributed by atoms with Crippen LogP contribution in [0.4, 0.5) is 9.18 Å². The summed E-state index contributed by atoms with van der Waals surface area (Å²) in [6.45, 7) is 8.86. The molecule has 1 saturated heterocycles. The number of carbonyl (C=O) groups excluding carboxylic acids is 2. The van der Waals surface area contributed by atoms with Crippen LogP contribution in [0.15, 0.2) is 24.3 Å². The highest BCUT2D eigenvalue weighted by atomic mass is 19.1. The topological polar surface area (TPSA) is 88.1 Å². The number of halogens is 1. The molecule has 2 aliphatic rings. The molecule has 1 aromatic rings. The molecule has 8 heteroatoms. The average Bonchev–Trinajstić information content (AvgIpc) is 2.82. The number of nitrogens with zero attached hydrogens (tertiary/aromatic N) is 1. The van der Waals surface area contributed by atoms with Crippen molar-refractivity contribution < 1.29 is 28.6 Å². The van der Waals surface area contributed by atoms with Crippen molar-refractivity contribution in [3.05, 3.63) is 35.7 Å². The van der Waals surface area contributed by atoms with Crippen molar-refractivity contribution in [3.63, 3.8) is 0 Å². The Bertz CT molecular complexity index is 919. The Labute approximate surface area is 207 Å². The van der Waals surface area contributed by atoms with Crippen LogP contribution in [0.5, 0.6) is 5.75 Å². The molecule has 3 rings (SSSR count). The van der Waals surface area contributed by atoms with Gasteiger partial charge in [0.2, 0.25) is 5.91 Å². The van der Waals surface area contributed by atoms with Gasteiger partial charge in [-0.2, -0.15) is 0 Å². The summed E-state index contributed by atoms with van der Waals surface area (Å²) in [5, 5.41) is 11.9. The number of amides is 2. The van der Waals surface area contributed by atoms with Gasteiger partial charge in [0.25, 0.3) is 0 Å². The second kappa shape index (κ2) is 11.9. The molecule has 2 amide bonds. The third kappa shape index (κ3) is 7.95. The van der Waals surface area contributed by atoms with E-state index in [-0.39, 0.29) is 42.2 Å². The van der Waals surface area contributed by atoms with E-state index in [1.165, 1.54) is 6.07 Å². The van der Waals surface area contributed by atoms with Gasteiger partial charge in [0, 0.05) is 25.0 Å². The van der Waals surface area contributed by atoms with Crippen molar-refractivity contribution >= 4 is 17.6 Å². The summed E-state index contributed by atoms with van der Waals surface area (Å²) in [4.78, 5) is 26.2. The minimum absolute atomic E-state index is 0.0475. The number of hydrogen-bond donors (Lipinski definition) is 2. The summed E-state index contributed by atoms with van der Waals surface area (Å²) in [7, 11) is 0. The number of likely N-dealkylation sites (tertiary alicyclic amines) is 1. The van der Waals surface area contributed by atoms with E-state index in [9.17, 15) is 14.0 Å². The maximum atomic E-state index is 14.8. The predicted molar refractivity (Wildman–Crippen MR) is 132 cm³/mol. The third-order valence-corrected chi connectivity index (χ3v) is 6.49. The Balaban J connectivity index is 1.47. The van der Waals surface area contributed by atoms with Crippen molar-refractivity contribution in [2.45, 2.75) is 71.4 Å². The van der Waals surface area contributed by atoms with Crippen molar-refractivity contribution in [2.24, 2.45) is 11.8 Å². The van der Waals surface area contributed by atoms with Crippen LogP contribution in [0.3, 0.4) is 0 Å². The number of benzene rings is 1. The smallest absolute Gasteiger partial charge is 0.410 e. The first-order valence-corrected chi connectivity index (χ1v) is 12.6. The molecule has 0 saturated carbocycles. The second-order valence-electron chi connectivity index (χ2n) is 10.7.